The normalized spacial score (nSPS) is 19.9. The van der Waals surface area contributed by atoms with E-state index in [2.05, 4.69) is 20.8 Å². The molecule has 32 heavy (non-hydrogen) atoms. The van der Waals surface area contributed by atoms with Gasteiger partial charge in [-0.1, -0.05) is 0 Å². The number of nitrogens with one attached hydrogen (secondary N) is 2. The van der Waals surface area contributed by atoms with Gasteiger partial charge in [-0.15, -0.1) is 10.2 Å². The van der Waals surface area contributed by atoms with Gasteiger partial charge < -0.3 is 25.6 Å². The van der Waals surface area contributed by atoms with Gasteiger partial charge in [0.05, 0.1) is 17.9 Å². The third-order valence-corrected chi connectivity index (χ3v) is 5.28. The maximum absolute atomic E-state index is 12.8. The number of rotatable bonds is 6. The van der Waals surface area contributed by atoms with E-state index in [9.17, 15) is 28.2 Å². The number of piperidine rings is 1. The van der Waals surface area contributed by atoms with Gasteiger partial charge in [0.1, 0.15) is 11.6 Å². The van der Waals surface area contributed by atoms with Crippen molar-refractivity contribution in [2.45, 2.75) is 51.1 Å². The van der Waals surface area contributed by atoms with E-state index in [0.29, 0.717) is 36.8 Å². The highest BCUT2D eigenvalue weighted by molar-refractivity contribution is 5.75. The maximum Gasteiger partial charge on any atom is 0.416 e. The molecule has 3 rings (SSSR count). The summed E-state index contributed by atoms with van der Waals surface area (Å²) in [6.45, 7) is 4.07. The molecule has 0 radical (unpaired) electrons. The number of phenolic OH excluding ortho intramolecular Hbond substituents is 1. The number of halogens is 3. The number of anilines is 1. The van der Waals surface area contributed by atoms with Gasteiger partial charge in [-0.3, -0.25) is 0 Å². The molecule has 0 bridgehead atoms. The fourth-order valence-corrected chi connectivity index (χ4v) is 3.60. The first-order chi connectivity index (χ1) is 15.1. The number of carbonyl (C=O) groups is 1. The van der Waals surface area contributed by atoms with Crippen molar-refractivity contribution < 1.29 is 32.9 Å². The minimum Gasteiger partial charge on any atom is -0.507 e. The lowest BCUT2D eigenvalue weighted by Gasteiger charge is -2.32. The molecule has 0 aliphatic carbocycles. The van der Waals surface area contributed by atoms with Gasteiger partial charge in [0.2, 0.25) is 0 Å². The molecular weight excluding hydrogens is 429 g/mol. The van der Waals surface area contributed by atoms with Gasteiger partial charge in [-0.2, -0.15) is 13.2 Å². The van der Waals surface area contributed by atoms with Crippen molar-refractivity contribution in [2.24, 2.45) is 0 Å². The molecule has 0 spiro atoms. The Kier molecular flexibility index (Phi) is 7.19. The van der Waals surface area contributed by atoms with Crippen molar-refractivity contribution in [3.8, 4) is 17.0 Å². The average molecular weight is 454 g/mol. The van der Waals surface area contributed by atoms with E-state index in [1.54, 1.807) is 19.9 Å². The molecule has 2 aromatic rings. The van der Waals surface area contributed by atoms with Gasteiger partial charge in [-0.25, -0.2) is 4.79 Å². The third kappa shape index (κ3) is 5.46. The first-order valence-corrected chi connectivity index (χ1v) is 10.2. The van der Waals surface area contributed by atoms with E-state index in [0.717, 1.165) is 6.07 Å². The predicted octanol–water partition coefficient (Wildman–Crippen LogP) is 2.63. The van der Waals surface area contributed by atoms with Gasteiger partial charge >= 0.3 is 12.1 Å². The second kappa shape index (κ2) is 9.70. The van der Waals surface area contributed by atoms with E-state index in [4.69, 9.17) is 4.74 Å². The predicted molar refractivity (Wildman–Crippen MR) is 110 cm³/mol. The molecule has 1 aromatic heterocycles. The van der Waals surface area contributed by atoms with Crippen molar-refractivity contribution >= 4 is 11.8 Å². The van der Waals surface area contributed by atoms with Crippen LogP contribution < -0.4 is 10.6 Å². The molecule has 0 saturated carbocycles. The summed E-state index contributed by atoms with van der Waals surface area (Å²) in [5.41, 5.74) is 0.113. The topological polar surface area (TPSA) is 117 Å². The van der Waals surface area contributed by atoms with Crippen LogP contribution in [0.15, 0.2) is 24.3 Å². The number of benzene rings is 1. The van der Waals surface area contributed by atoms with E-state index in [1.807, 2.05) is 0 Å². The van der Waals surface area contributed by atoms with Crippen LogP contribution in [0.3, 0.4) is 0 Å². The number of alkyl halides is 3. The summed E-state index contributed by atoms with van der Waals surface area (Å²) in [7, 11) is 0. The number of carbonyl (C=O) groups excluding carboxylic acids is 1. The van der Waals surface area contributed by atoms with Crippen molar-refractivity contribution in [1.82, 2.24) is 15.5 Å². The number of aromatic hydroxyl groups is 1. The standard InChI is InChI=1S/C21H25F3N4O4/c1-3-32-20(31)19(30)15-7-5-13(10-25-15)26-17-8-11(2)18(28-27-17)14-6-4-12(9-16(14)29)21(22,23)24/h4,6,8-9,13,15,19,25,29-30H,3,5,7,10H2,1-2H3,(H,26,27)/t13-,15?,19?/m1/s1. The summed E-state index contributed by atoms with van der Waals surface area (Å²) in [5, 5.41) is 34.6. The number of aliphatic hydroxyl groups is 1. The van der Waals surface area contributed by atoms with E-state index in [1.165, 1.54) is 6.07 Å². The van der Waals surface area contributed by atoms with E-state index < -0.39 is 35.6 Å². The Bertz CT molecular complexity index is 963. The minimum atomic E-state index is -4.55. The zero-order valence-corrected chi connectivity index (χ0v) is 17.6. The van der Waals surface area contributed by atoms with E-state index in [-0.39, 0.29) is 23.9 Å². The smallest absolute Gasteiger partial charge is 0.416 e. The van der Waals surface area contributed by atoms with Crippen LogP contribution in [0.2, 0.25) is 0 Å². The Morgan fingerprint density at radius 1 is 1.31 bits per heavy atom. The Balaban J connectivity index is 1.64. The lowest BCUT2D eigenvalue weighted by molar-refractivity contribution is -0.155. The number of esters is 1. The van der Waals surface area contributed by atoms with Gasteiger partial charge in [0.15, 0.2) is 6.10 Å². The first kappa shape index (κ1) is 23.7. The lowest BCUT2D eigenvalue weighted by Crippen LogP contribution is -2.52. The Labute approximate surface area is 182 Å². The quantitative estimate of drug-likeness (QED) is 0.493. The summed E-state index contributed by atoms with van der Waals surface area (Å²) >= 11 is 0. The van der Waals surface area contributed by atoms with Crippen LogP contribution in [0.4, 0.5) is 19.0 Å². The molecule has 2 heterocycles. The summed E-state index contributed by atoms with van der Waals surface area (Å²) < 4.78 is 43.3. The molecule has 0 amide bonds. The molecule has 1 saturated heterocycles. The molecule has 3 atom stereocenters. The number of nitrogens with zero attached hydrogens (tertiary/aromatic N) is 2. The Hall–Kier alpha value is -2.92. The molecule has 1 aliphatic rings. The Morgan fingerprint density at radius 3 is 2.62 bits per heavy atom. The number of phenols is 1. The van der Waals surface area contributed by atoms with Crippen LogP contribution in [0.5, 0.6) is 5.75 Å². The molecule has 1 aliphatic heterocycles. The number of aromatic nitrogens is 2. The summed E-state index contributed by atoms with van der Waals surface area (Å²) in [6.07, 6.45) is -4.57. The molecule has 174 valence electrons. The first-order valence-electron chi connectivity index (χ1n) is 10.2. The fourth-order valence-electron chi connectivity index (χ4n) is 3.60. The van der Waals surface area contributed by atoms with Crippen LogP contribution in [0.25, 0.3) is 11.3 Å². The molecular formula is C21H25F3N4O4. The van der Waals surface area contributed by atoms with Gasteiger partial charge in [0.25, 0.3) is 0 Å². The lowest BCUT2D eigenvalue weighted by atomic mass is 9.96. The molecule has 11 heteroatoms. The second-order valence-corrected chi connectivity index (χ2v) is 7.62. The van der Waals surface area contributed by atoms with Crippen LogP contribution >= 0.6 is 0 Å². The second-order valence-electron chi connectivity index (χ2n) is 7.62. The summed E-state index contributed by atoms with van der Waals surface area (Å²) in [6, 6.07) is 3.99. The van der Waals surface area contributed by atoms with Crippen LogP contribution in [-0.4, -0.2) is 57.7 Å². The highest BCUT2D eigenvalue weighted by Crippen LogP contribution is 2.36. The number of aryl methyl sites for hydroxylation is 1. The molecule has 4 N–H and O–H groups in total. The fraction of sp³-hybridized carbons (Fsp3) is 0.476. The van der Waals surface area contributed by atoms with E-state index >= 15 is 0 Å². The molecule has 2 unspecified atom stereocenters. The maximum atomic E-state index is 12.8. The summed E-state index contributed by atoms with van der Waals surface area (Å²) in [4.78, 5) is 11.7. The Morgan fingerprint density at radius 2 is 2.06 bits per heavy atom. The molecule has 1 aromatic carbocycles. The minimum absolute atomic E-state index is 0.0281. The van der Waals surface area contributed by atoms with Gasteiger partial charge in [-0.05, 0) is 56.5 Å². The highest BCUT2D eigenvalue weighted by atomic mass is 19.4. The zero-order chi connectivity index (χ0) is 23.5. The number of aliphatic hydroxyl groups excluding tert-OH is 1. The number of ether oxygens (including phenoxy) is 1. The largest absolute Gasteiger partial charge is 0.507 e. The van der Waals surface area contributed by atoms with Crippen molar-refractivity contribution in [2.75, 3.05) is 18.5 Å². The van der Waals surface area contributed by atoms with Gasteiger partial charge in [0, 0.05) is 24.2 Å². The monoisotopic (exact) mass is 454 g/mol. The molecule has 1 fully saturated rings. The molecule has 8 nitrogen and oxygen atoms in total. The van der Waals surface area contributed by atoms with Crippen molar-refractivity contribution in [3.63, 3.8) is 0 Å². The van der Waals surface area contributed by atoms with Crippen LogP contribution in [0, 0.1) is 6.92 Å². The SMILES string of the molecule is CCOC(=O)C(O)C1CC[C@@H](Nc2cc(C)c(-c3ccc(C(F)(F)F)cc3O)nn2)CN1. The van der Waals surface area contributed by atoms with Crippen molar-refractivity contribution in [1.29, 1.82) is 0 Å². The van der Waals surface area contributed by atoms with Crippen molar-refractivity contribution in [3.05, 3.63) is 35.4 Å². The zero-order valence-electron chi connectivity index (χ0n) is 17.6. The number of hydrogen-bond donors (Lipinski definition) is 4. The average Bonchev–Trinajstić information content (AvgIpc) is 2.74. The van der Waals surface area contributed by atoms with Crippen LogP contribution in [-0.2, 0) is 15.7 Å². The third-order valence-electron chi connectivity index (χ3n) is 5.28. The van der Waals surface area contributed by atoms with Crippen LogP contribution in [0.1, 0.15) is 30.9 Å². The highest BCUT2D eigenvalue weighted by Gasteiger charge is 2.32. The number of hydrogen-bond acceptors (Lipinski definition) is 8. The summed E-state index contributed by atoms with van der Waals surface area (Å²) in [5.74, 6) is -0.713.